The molecular weight excluding hydrogens is 544 g/mol. The molecule has 2 fully saturated rings. The third-order valence-corrected chi connectivity index (χ3v) is 7.63. The number of hydrogen-bond acceptors (Lipinski definition) is 7. The number of ether oxygens (including phenoxy) is 1. The highest BCUT2D eigenvalue weighted by atomic mass is 35.5. The van der Waals surface area contributed by atoms with Crippen LogP contribution in [-0.2, 0) is 11.3 Å². The summed E-state index contributed by atoms with van der Waals surface area (Å²) in [6, 6.07) is 14.9. The van der Waals surface area contributed by atoms with Gasteiger partial charge in [-0.2, -0.15) is 0 Å². The Hall–Kier alpha value is -3.54. The summed E-state index contributed by atoms with van der Waals surface area (Å²) in [5.74, 6) is -0.827. The molecular formula is C28H32ClF2N5O4. The van der Waals surface area contributed by atoms with Gasteiger partial charge in [0.25, 0.3) is 5.56 Å². The lowest BCUT2D eigenvalue weighted by Gasteiger charge is -2.43. The van der Waals surface area contributed by atoms with Crippen molar-refractivity contribution in [3.05, 3.63) is 82.7 Å². The zero-order chi connectivity index (χ0) is 27.6. The molecule has 5 rings (SSSR count). The normalized spacial score (nSPS) is 24.7. The predicted molar refractivity (Wildman–Crippen MR) is 148 cm³/mol. The Morgan fingerprint density at radius 3 is 2.62 bits per heavy atom. The number of halogens is 3. The standard InChI is InChI=1S/C28H31F2N5O4.ClH/c29-19-6-8-20(9-7-19)39-25-24(31)27(37)35(17-33-25)16-28(38)11-13-34(15-23(28)30)26(36)21-10-12-32-14-22(21)18-4-2-1-3-5-18;/h1-9,17,21-23,32,38H,10-16,31H2;1H/t21-,22+,23?,28?;/m1./s1. The van der Waals surface area contributed by atoms with Crippen LogP contribution in [0.1, 0.15) is 24.3 Å². The van der Waals surface area contributed by atoms with Gasteiger partial charge in [-0.1, -0.05) is 30.3 Å². The van der Waals surface area contributed by atoms with Gasteiger partial charge in [0.05, 0.1) is 13.1 Å². The number of alkyl halides is 1. The highest BCUT2D eigenvalue weighted by Crippen LogP contribution is 2.34. The molecule has 0 radical (unpaired) electrons. The number of nitrogens with zero attached hydrogens (tertiary/aromatic N) is 3. The highest BCUT2D eigenvalue weighted by Gasteiger charge is 2.46. The van der Waals surface area contributed by atoms with E-state index in [1.54, 1.807) is 0 Å². The van der Waals surface area contributed by atoms with Crippen molar-refractivity contribution < 1.29 is 23.4 Å². The first-order valence-electron chi connectivity index (χ1n) is 12.9. The lowest BCUT2D eigenvalue weighted by Crippen LogP contribution is -2.59. The Balaban J connectivity index is 0.00000370. The molecule has 214 valence electrons. The molecule has 2 saturated heterocycles. The van der Waals surface area contributed by atoms with Gasteiger partial charge in [0.15, 0.2) is 5.69 Å². The van der Waals surface area contributed by atoms with Crippen molar-refractivity contribution in [2.45, 2.75) is 37.1 Å². The minimum atomic E-state index is -1.89. The molecule has 1 amide bonds. The molecule has 0 bridgehead atoms. The first kappa shape index (κ1) is 29.4. The predicted octanol–water partition coefficient (Wildman–Crippen LogP) is 2.87. The molecule has 4 atom stereocenters. The molecule has 3 heterocycles. The van der Waals surface area contributed by atoms with E-state index in [0.717, 1.165) is 16.5 Å². The zero-order valence-electron chi connectivity index (χ0n) is 21.7. The average Bonchev–Trinajstić information content (AvgIpc) is 2.95. The summed E-state index contributed by atoms with van der Waals surface area (Å²) in [7, 11) is 0. The molecule has 2 aliphatic rings. The Labute approximate surface area is 236 Å². The molecule has 9 nitrogen and oxygen atoms in total. The second kappa shape index (κ2) is 12.3. The van der Waals surface area contributed by atoms with Crippen LogP contribution in [0, 0.1) is 11.7 Å². The fraction of sp³-hybridized carbons (Fsp3) is 0.393. The molecule has 1 aromatic heterocycles. The first-order valence-corrected chi connectivity index (χ1v) is 12.9. The number of nitrogens with one attached hydrogen (secondary N) is 1. The van der Waals surface area contributed by atoms with Gasteiger partial charge < -0.3 is 25.8 Å². The fourth-order valence-electron chi connectivity index (χ4n) is 5.35. The van der Waals surface area contributed by atoms with Crippen molar-refractivity contribution in [2.75, 3.05) is 31.9 Å². The molecule has 0 spiro atoms. The van der Waals surface area contributed by atoms with Gasteiger partial charge in [-0.15, -0.1) is 12.4 Å². The fourth-order valence-corrected chi connectivity index (χ4v) is 5.35. The maximum atomic E-state index is 15.5. The largest absolute Gasteiger partial charge is 0.437 e. The van der Waals surface area contributed by atoms with Crippen molar-refractivity contribution >= 4 is 24.0 Å². The third kappa shape index (κ3) is 6.11. The van der Waals surface area contributed by atoms with Gasteiger partial charge in [-0.25, -0.2) is 13.8 Å². The van der Waals surface area contributed by atoms with Crippen LogP contribution >= 0.6 is 12.4 Å². The van der Waals surface area contributed by atoms with Crippen molar-refractivity contribution in [3.63, 3.8) is 0 Å². The van der Waals surface area contributed by atoms with Crippen LogP contribution in [0.5, 0.6) is 11.6 Å². The van der Waals surface area contributed by atoms with Crippen molar-refractivity contribution in [1.29, 1.82) is 0 Å². The van der Waals surface area contributed by atoms with Crippen LogP contribution in [0.25, 0.3) is 0 Å². The summed E-state index contributed by atoms with van der Waals surface area (Å²) in [5, 5.41) is 14.5. The van der Waals surface area contributed by atoms with E-state index in [1.165, 1.54) is 29.2 Å². The molecule has 2 aromatic carbocycles. The minimum absolute atomic E-state index is 0. The number of piperidine rings is 2. The van der Waals surface area contributed by atoms with E-state index in [2.05, 4.69) is 10.3 Å². The van der Waals surface area contributed by atoms with Crippen molar-refractivity contribution in [2.24, 2.45) is 5.92 Å². The lowest BCUT2D eigenvalue weighted by molar-refractivity contribution is -0.148. The number of carbonyl (C=O) groups excluding carboxylic acids is 1. The van der Waals surface area contributed by atoms with E-state index in [1.807, 2.05) is 30.3 Å². The van der Waals surface area contributed by atoms with Crippen LogP contribution in [0.3, 0.4) is 0 Å². The Bertz CT molecular complexity index is 1380. The van der Waals surface area contributed by atoms with Gasteiger partial charge in [0, 0.05) is 24.9 Å². The van der Waals surface area contributed by atoms with E-state index >= 15 is 4.39 Å². The van der Waals surface area contributed by atoms with E-state index in [4.69, 9.17) is 10.5 Å². The van der Waals surface area contributed by atoms with Crippen LogP contribution in [0.4, 0.5) is 14.5 Å². The quantitative estimate of drug-likeness (QED) is 0.413. The van der Waals surface area contributed by atoms with Crippen molar-refractivity contribution in [1.82, 2.24) is 19.8 Å². The number of carbonyl (C=O) groups is 1. The molecule has 0 aliphatic carbocycles. The summed E-state index contributed by atoms with van der Waals surface area (Å²) in [5.41, 5.74) is 4.06. The second-order valence-corrected chi connectivity index (χ2v) is 10.2. The number of aliphatic hydroxyl groups is 1. The molecule has 2 aliphatic heterocycles. The Morgan fingerprint density at radius 1 is 1.20 bits per heavy atom. The van der Waals surface area contributed by atoms with E-state index in [-0.39, 0.29) is 73.5 Å². The molecule has 3 aromatic rings. The smallest absolute Gasteiger partial charge is 0.280 e. The van der Waals surface area contributed by atoms with E-state index in [9.17, 15) is 19.1 Å². The van der Waals surface area contributed by atoms with Gasteiger partial charge in [0.1, 0.15) is 29.7 Å². The topological polar surface area (TPSA) is 123 Å². The Kier molecular flexibility index (Phi) is 9.07. The number of rotatable bonds is 6. The molecule has 4 N–H and O–H groups in total. The second-order valence-electron chi connectivity index (χ2n) is 10.2. The van der Waals surface area contributed by atoms with Gasteiger partial charge in [0.2, 0.25) is 11.8 Å². The summed E-state index contributed by atoms with van der Waals surface area (Å²) >= 11 is 0. The van der Waals surface area contributed by atoms with Crippen LogP contribution in [0.15, 0.2) is 65.7 Å². The number of amides is 1. The Morgan fingerprint density at radius 2 is 1.93 bits per heavy atom. The SMILES string of the molecule is Cl.Nc1c(Oc2ccc(F)cc2)ncn(CC2(O)CCN(C(=O)[C@@H]3CCNC[C@H]3c3ccccc3)CC2F)c1=O. The molecule has 0 saturated carbocycles. The summed E-state index contributed by atoms with van der Waals surface area (Å²) in [6.45, 7) is 0.863. The number of nitrogens with two attached hydrogens (primary N) is 1. The van der Waals surface area contributed by atoms with Gasteiger partial charge in [-0.05, 0) is 49.2 Å². The zero-order valence-corrected chi connectivity index (χ0v) is 22.5. The van der Waals surface area contributed by atoms with Crippen LogP contribution in [0.2, 0.25) is 0 Å². The van der Waals surface area contributed by atoms with Crippen LogP contribution < -0.4 is 21.3 Å². The molecule has 2 unspecified atom stereocenters. The third-order valence-electron chi connectivity index (χ3n) is 7.63. The highest BCUT2D eigenvalue weighted by molar-refractivity contribution is 5.85. The number of benzene rings is 2. The molecule has 12 heteroatoms. The number of anilines is 1. The average molecular weight is 576 g/mol. The van der Waals surface area contributed by atoms with E-state index in [0.29, 0.717) is 19.5 Å². The van der Waals surface area contributed by atoms with Gasteiger partial charge >= 0.3 is 0 Å². The molecule has 40 heavy (non-hydrogen) atoms. The minimum Gasteiger partial charge on any atom is -0.437 e. The number of nitrogen functional groups attached to an aromatic ring is 1. The number of likely N-dealkylation sites (tertiary alicyclic amines) is 1. The summed E-state index contributed by atoms with van der Waals surface area (Å²) in [4.78, 5) is 31.9. The van der Waals surface area contributed by atoms with E-state index < -0.39 is 23.1 Å². The number of aromatic nitrogens is 2. The van der Waals surface area contributed by atoms with Crippen LogP contribution in [-0.4, -0.2) is 63.4 Å². The maximum Gasteiger partial charge on any atom is 0.280 e. The number of hydrogen-bond donors (Lipinski definition) is 3. The van der Waals surface area contributed by atoms with Crippen molar-refractivity contribution in [3.8, 4) is 11.6 Å². The summed E-state index contributed by atoms with van der Waals surface area (Å²) < 4.78 is 35.1. The lowest BCUT2D eigenvalue weighted by atomic mass is 9.79. The summed E-state index contributed by atoms with van der Waals surface area (Å²) in [6.07, 6.45) is -0.0707. The maximum absolute atomic E-state index is 15.5. The monoisotopic (exact) mass is 575 g/mol. The van der Waals surface area contributed by atoms with Gasteiger partial charge in [-0.3, -0.25) is 14.2 Å². The first-order chi connectivity index (χ1) is 18.7.